The van der Waals surface area contributed by atoms with Crippen LogP contribution in [0.1, 0.15) is 0 Å². The van der Waals surface area contributed by atoms with Gasteiger partial charge in [-0.3, -0.25) is 8.42 Å². The molecule has 31 heavy (non-hydrogen) atoms. The largest absolute Gasteiger partial charge is 0.759 e. The smallest absolute Gasteiger partial charge is 0.415 e. The Labute approximate surface area is 167 Å². The molecule has 2 heterocycles. The van der Waals surface area contributed by atoms with Gasteiger partial charge in [-0.2, -0.15) is 0 Å². The van der Waals surface area contributed by atoms with Crippen LogP contribution in [0.5, 0.6) is 0 Å². The maximum Gasteiger partial charge on any atom is 0.415 e. The Morgan fingerprint density at radius 3 is 1.06 bits per heavy atom. The van der Waals surface area contributed by atoms with Gasteiger partial charge in [0.25, 0.3) is 0 Å². The first-order valence-electron chi connectivity index (χ1n) is 6.22. The minimum absolute atomic E-state index is 0.0104. The van der Waals surface area contributed by atoms with Gasteiger partial charge in [0.2, 0.25) is 0 Å². The second kappa shape index (κ2) is 15.1. The van der Waals surface area contributed by atoms with Gasteiger partial charge in [-0.05, 0) is 0 Å². The maximum atomic E-state index is 10.4. The molecule has 2 rings (SSSR count). The number of nitrogens with one attached hydrogen (secondary N) is 4. The van der Waals surface area contributed by atoms with Gasteiger partial charge in [0, 0.05) is 10.4 Å². The van der Waals surface area contributed by atoms with Crippen LogP contribution in [0.15, 0.2) is 9.59 Å². The number of rotatable bonds is 0. The van der Waals surface area contributed by atoms with Crippen molar-refractivity contribution in [3.63, 3.8) is 0 Å². The fraction of sp³-hybridized carbons (Fsp3) is 0. The lowest BCUT2D eigenvalue weighted by molar-refractivity contribution is -0.403. The summed E-state index contributed by atoms with van der Waals surface area (Å²) in [6.07, 6.45) is 0. The summed E-state index contributed by atoms with van der Waals surface area (Å²) in [6.45, 7) is 0. The van der Waals surface area contributed by atoms with Crippen LogP contribution in [0.4, 0.5) is 23.8 Å². The first-order valence-corrected chi connectivity index (χ1v) is 7.55. The quantitative estimate of drug-likeness (QED) is 0.0890. The molecule has 0 aliphatic carbocycles. The van der Waals surface area contributed by atoms with Gasteiger partial charge in [-0.25, -0.2) is 29.5 Å². The number of anilines is 4. The van der Waals surface area contributed by atoms with Crippen LogP contribution in [0.3, 0.4) is 0 Å². The normalized spacial score (nSPS) is 8.84. The third-order valence-electron chi connectivity index (χ3n) is 1.45. The molecule has 24 nitrogen and oxygen atoms in total. The standard InChI is InChI=1S/2C3H5N5O.2NO3.H2O4S/c2*4-1-6-2(5)8-3(9)7-1;2*2-1(3)4;1-5(2,3)4/h2*(H5,4,5,6,7,8,9);;;(H2,1,2,3,4)/q;;2*-1;. The Bertz CT molecular complexity index is 917. The first kappa shape index (κ1) is 30.8. The Hall–Kier alpha value is -4.91. The summed E-state index contributed by atoms with van der Waals surface area (Å²) in [4.78, 5) is 53.0. The summed E-state index contributed by atoms with van der Waals surface area (Å²) in [5, 5.41) is 29.5. The zero-order chi connectivity index (χ0) is 25.4. The van der Waals surface area contributed by atoms with Crippen molar-refractivity contribution in [2.75, 3.05) is 22.9 Å². The van der Waals surface area contributed by atoms with Crippen LogP contribution in [-0.4, -0.2) is 47.6 Å². The van der Waals surface area contributed by atoms with Crippen molar-refractivity contribution in [2.45, 2.75) is 0 Å². The molecule has 0 aromatic carbocycles. The van der Waals surface area contributed by atoms with Gasteiger partial charge in [-0.15, -0.1) is 0 Å². The number of aromatic nitrogens is 6. The maximum absolute atomic E-state index is 10.4. The number of hydrogen-bond acceptors (Lipinski definition) is 18. The van der Waals surface area contributed by atoms with Crippen LogP contribution in [0, 0.1) is 30.6 Å². The Kier molecular flexibility index (Phi) is 15.0. The summed E-state index contributed by atoms with van der Waals surface area (Å²) in [5.74, 6) is 0.0417. The number of nitrogens with two attached hydrogens (primary N) is 4. The third-order valence-corrected chi connectivity index (χ3v) is 1.45. The molecule has 25 heteroatoms. The molecule has 0 spiro atoms. The Morgan fingerprint density at radius 2 is 0.935 bits per heavy atom. The molecular formula is C6H12N12O12S-2. The van der Waals surface area contributed by atoms with Crippen LogP contribution in [-0.2, 0) is 10.4 Å². The highest BCUT2D eigenvalue weighted by molar-refractivity contribution is 7.79. The van der Waals surface area contributed by atoms with E-state index in [1.807, 2.05) is 0 Å². The summed E-state index contributed by atoms with van der Waals surface area (Å²) in [6, 6.07) is 0. The highest BCUT2D eigenvalue weighted by atomic mass is 32.3. The van der Waals surface area contributed by atoms with Crippen LogP contribution < -0.4 is 44.3 Å². The monoisotopic (exact) mass is 476 g/mol. The molecule has 0 aliphatic rings. The zero-order valence-electron chi connectivity index (χ0n) is 14.4. The lowest BCUT2D eigenvalue weighted by Crippen LogP contribution is -2.34. The van der Waals surface area contributed by atoms with Gasteiger partial charge >= 0.3 is 35.2 Å². The van der Waals surface area contributed by atoms with Crippen molar-refractivity contribution >= 4 is 34.2 Å². The SMILES string of the molecule is Nc1nc(N)[nH+]c(=O)[nH]1.Nc1nc(N)[nH+]c(=O)[nH]1.O=S(=O)([O-])[O-].O=[N+]([O-])[O-].O=[N+]([O-])[O-]. The first-order chi connectivity index (χ1) is 13.8. The summed E-state index contributed by atoms with van der Waals surface area (Å²) in [7, 11) is -5.17. The molecule has 12 N–H and O–H groups in total. The van der Waals surface area contributed by atoms with Gasteiger partial charge in [0.1, 0.15) is 0 Å². The van der Waals surface area contributed by atoms with Crippen molar-refractivity contribution in [1.29, 1.82) is 0 Å². The average molecular weight is 476 g/mol. The van der Waals surface area contributed by atoms with E-state index >= 15 is 0 Å². The van der Waals surface area contributed by atoms with Crippen molar-refractivity contribution in [3.8, 4) is 0 Å². The van der Waals surface area contributed by atoms with E-state index in [2.05, 4.69) is 29.9 Å². The number of nitrogens with zero attached hydrogens (tertiary/aromatic N) is 4. The zero-order valence-corrected chi connectivity index (χ0v) is 15.2. The van der Waals surface area contributed by atoms with Crippen LogP contribution in [0.2, 0.25) is 0 Å². The molecule has 0 atom stereocenters. The van der Waals surface area contributed by atoms with Crippen molar-refractivity contribution in [2.24, 2.45) is 0 Å². The lowest BCUT2D eigenvalue weighted by atomic mass is 10.9. The Morgan fingerprint density at radius 1 is 0.742 bits per heavy atom. The van der Waals surface area contributed by atoms with E-state index < -0.39 is 32.0 Å². The van der Waals surface area contributed by atoms with E-state index in [4.69, 9.17) is 71.1 Å². The number of hydrogen-bond donors (Lipinski definition) is 6. The molecule has 0 fully saturated rings. The van der Waals surface area contributed by atoms with Crippen molar-refractivity contribution in [1.82, 2.24) is 19.9 Å². The molecule has 0 saturated carbocycles. The van der Waals surface area contributed by atoms with Gasteiger partial charge in [-0.1, -0.05) is 9.97 Å². The molecule has 176 valence electrons. The van der Waals surface area contributed by atoms with Gasteiger partial charge < -0.3 is 62.7 Å². The molecule has 0 radical (unpaired) electrons. The summed E-state index contributed by atoms with van der Waals surface area (Å²) < 4.78 is 34.1. The minimum Gasteiger partial charge on any atom is -0.759 e. The van der Waals surface area contributed by atoms with E-state index in [-0.39, 0.29) is 23.8 Å². The molecular weight excluding hydrogens is 464 g/mol. The third kappa shape index (κ3) is 36.7. The molecule has 0 unspecified atom stereocenters. The van der Waals surface area contributed by atoms with Gasteiger partial charge in [0.05, 0.1) is 10.2 Å². The highest BCUT2D eigenvalue weighted by Crippen LogP contribution is 1.81. The van der Waals surface area contributed by atoms with Gasteiger partial charge in [0.15, 0.2) is 0 Å². The molecule has 0 bridgehead atoms. The number of nitrogen functional groups attached to an aromatic ring is 4. The second-order valence-corrected chi connectivity index (χ2v) is 4.59. The lowest BCUT2D eigenvalue weighted by Gasteiger charge is -2.06. The Balaban J connectivity index is -0.000000334. The fourth-order valence-electron chi connectivity index (χ4n) is 0.899. The highest BCUT2D eigenvalue weighted by Gasteiger charge is 1.99. The molecule has 2 aromatic rings. The van der Waals surface area contributed by atoms with E-state index in [0.29, 0.717) is 0 Å². The molecule has 2 aromatic heterocycles. The molecule has 0 aliphatic heterocycles. The predicted molar refractivity (Wildman–Crippen MR) is 91.7 cm³/mol. The molecule has 0 amide bonds. The fourth-order valence-corrected chi connectivity index (χ4v) is 0.899. The summed E-state index contributed by atoms with van der Waals surface area (Å²) >= 11 is 0. The van der Waals surface area contributed by atoms with Crippen LogP contribution >= 0.6 is 0 Å². The molecule has 0 saturated heterocycles. The van der Waals surface area contributed by atoms with E-state index in [0.717, 1.165) is 0 Å². The van der Waals surface area contributed by atoms with E-state index in [1.54, 1.807) is 0 Å². The minimum atomic E-state index is -5.17. The number of H-pyrrole nitrogens is 4. The van der Waals surface area contributed by atoms with Crippen molar-refractivity contribution in [3.05, 3.63) is 51.6 Å². The van der Waals surface area contributed by atoms with Crippen molar-refractivity contribution < 1.29 is 37.7 Å². The predicted octanol–water partition coefficient (Wildman–Crippen LogP) is -6.32. The second-order valence-electron chi connectivity index (χ2n) is 3.78. The van der Waals surface area contributed by atoms with E-state index in [9.17, 15) is 9.59 Å². The summed E-state index contributed by atoms with van der Waals surface area (Å²) in [5.41, 5.74) is 19.5. The number of aromatic amines is 4. The average Bonchev–Trinajstić information content (AvgIpc) is 2.41. The van der Waals surface area contributed by atoms with Crippen LogP contribution in [0.25, 0.3) is 0 Å². The van der Waals surface area contributed by atoms with E-state index in [1.165, 1.54) is 0 Å². The topological polar surface area (TPSA) is 437 Å².